The fourth-order valence-corrected chi connectivity index (χ4v) is 3.67. The molecule has 166 valence electrons. The average molecular weight is 447 g/mol. The molecule has 0 saturated carbocycles. The minimum absolute atomic E-state index is 0.0232. The van der Waals surface area contributed by atoms with Crippen molar-refractivity contribution in [1.29, 1.82) is 0 Å². The van der Waals surface area contributed by atoms with Gasteiger partial charge in [-0.3, -0.25) is 9.52 Å². The molecule has 1 fully saturated rings. The van der Waals surface area contributed by atoms with Crippen molar-refractivity contribution in [2.45, 2.75) is 19.8 Å². The molecule has 0 radical (unpaired) electrons. The van der Waals surface area contributed by atoms with Gasteiger partial charge in [0.1, 0.15) is 5.75 Å². The Morgan fingerprint density at radius 3 is 2.29 bits per heavy atom. The van der Waals surface area contributed by atoms with Gasteiger partial charge in [-0.15, -0.1) is 0 Å². The fourth-order valence-electron chi connectivity index (χ4n) is 3.03. The van der Waals surface area contributed by atoms with Crippen molar-refractivity contribution in [3.63, 3.8) is 0 Å². The van der Waals surface area contributed by atoms with Crippen molar-refractivity contribution in [3.05, 3.63) is 48.5 Å². The minimum Gasteiger partial charge on any atom is -0.484 e. The molecule has 9 nitrogen and oxygen atoms in total. The number of anilines is 3. The molecular formula is C21H26N4O5S. The lowest BCUT2D eigenvalue weighted by atomic mass is 10.3. The third-order valence-electron chi connectivity index (χ3n) is 4.71. The Kier molecular flexibility index (Phi) is 7.35. The van der Waals surface area contributed by atoms with Crippen LogP contribution in [0.3, 0.4) is 0 Å². The van der Waals surface area contributed by atoms with Gasteiger partial charge in [0, 0.05) is 36.2 Å². The zero-order chi connectivity index (χ0) is 22.3. The van der Waals surface area contributed by atoms with Crippen molar-refractivity contribution in [2.24, 2.45) is 0 Å². The minimum atomic E-state index is -3.35. The molecule has 0 unspecified atom stereocenters. The van der Waals surface area contributed by atoms with Crippen molar-refractivity contribution in [1.82, 2.24) is 4.90 Å². The summed E-state index contributed by atoms with van der Waals surface area (Å²) in [5.41, 5.74) is 1.43. The zero-order valence-corrected chi connectivity index (χ0v) is 18.1. The Bertz CT molecular complexity index is 1020. The first-order valence-electron chi connectivity index (χ1n) is 10.0. The molecule has 3 rings (SSSR count). The number of benzene rings is 2. The van der Waals surface area contributed by atoms with E-state index >= 15 is 0 Å². The summed E-state index contributed by atoms with van der Waals surface area (Å²) in [5.74, 6) is 0.418. The van der Waals surface area contributed by atoms with E-state index in [2.05, 4.69) is 15.4 Å². The van der Waals surface area contributed by atoms with Gasteiger partial charge >= 0.3 is 6.03 Å². The molecule has 31 heavy (non-hydrogen) atoms. The number of nitrogens with one attached hydrogen (secondary N) is 3. The smallest absolute Gasteiger partial charge is 0.323 e. The van der Waals surface area contributed by atoms with Gasteiger partial charge in [-0.25, -0.2) is 13.2 Å². The number of amides is 3. The fraction of sp³-hybridized carbons (Fsp3) is 0.333. The maximum absolute atomic E-state index is 12.3. The van der Waals surface area contributed by atoms with Crippen LogP contribution in [-0.4, -0.2) is 50.7 Å². The summed E-state index contributed by atoms with van der Waals surface area (Å²) >= 11 is 0. The maximum Gasteiger partial charge on any atom is 0.323 e. The average Bonchev–Trinajstić information content (AvgIpc) is 3.28. The Morgan fingerprint density at radius 2 is 1.61 bits per heavy atom. The van der Waals surface area contributed by atoms with Crippen molar-refractivity contribution < 1.29 is 22.7 Å². The normalized spacial score (nSPS) is 13.5. The van der Waals surface area contributed by atoms with E-state index < -0.39 is 16.1 Å². The highest BCUT2D eigenvalue weighted by atomic mass is 32.2. The van der Waals surface area contributed by atoms with E-state index in [1.54, 1.807) is 60.4 Å². The number of nitrogens with zero attached hydrogens (tertiary/aromatic N) is 1. The molecule has 0 spiro atoms. The largest absolute Gasteiger partial charge is 0.484 e. The second-order valence-electron chi connectivity index (χ2n) is 7.07. The van der Waals surface area contributed by atoms with E-state index in [0.717, 1.165) is 25.9 Å². The third-order valence-corrected chi connectivity index (χ3v) is 6.02. The van der Waals surface area contributed by atoms with E-state index in [1.807, 2.05) is 0 Å². The quantitative estimate of drug-likeness (QED) is 0.576. The van der Waals surface area contributed by atoms with Crippen LogP contribution in [-0.2, 0) is 14.8 Å². The molecule has 3 N–H and O–H groups in total. The second kappa shape index (κ2) is 10.2. The van der Waals surface area contributed by atoms with Crippen LogP contribution in [0.5, 0.6) is 5.75 Å². The van der Waals surface area contributed by atoms with Gasteiger partial charge in [-0.2, -0.15) is 0 Å². The Balaban J connectivity index is 1.51. The van der Waals surface area contributed by atoms with Gasteiger partial charge in [0.05, 0.1) is 5.75 Å². The van der Waals surface area contributed by atoms with Crippen LogP contribution in [0.4, 0.5) is 21.9 Å². The number of ether oxygens (including phenoxy) is 1. The Labute approximate surface area is 181 Å². The number of carbonyl (C=O) groups is 2. The molecule has 0 aliphatic carbocycles. The Morgan fingerprint density at radius 1 is 0.968 bits per heavy atom. The van der Waals surface area contributed by atoms with E-state index in [9.17, 15) is 18.0 Å². The second-order valence-corrected chi connectivity index (χ2v) is 9.08. The molecule has 2 aromatic rings. The molecule has 1 aliphatic rings. The lowest BCUT2D eigenvalue weighted by Crippen LogP contribution is -2.32. The molecule has 0 aromatic heterocycles. The number of likely N-dealkylation sites (tertiary alicyclic amines) is 1. The van der Waals surface area contributed by atoms with Crippen LogP contribution in [0.15, 0.2) is 48.5 Å². The summed E-state index contributed by atoms with van der Waals surface area (Å²) in [4.78, 5) is 26.1. The molecule has 0 bridgehead atoms. The third kappa shape index (κ3) is 6.88. The molecule has 0 atom stereocenters. The summed E-state index contributed by atoms with van der Waals surface area (Å²) in [7, 11) is -3.35. The van der Waals surface area contributed by atoms with Gasteiger partial charge < -0.3 is 20.3 Å². The highest BCUT2D eigenvalue weighted by Crippen LogP contribution is 2.19. The summed E-state index contributed by atoms with van der Waals surface area (Å²) in [5, 5.41) is 5.37. The molecular weight excluding hydrogens is 420 g/mol. The first kappa shape index (κ1) is 22.4. The molecule has 2 aromatic carbocycles. The van der Waals surface area contributed by atoms with Crippen LogP contribution in [0.2, 0.25) is 0 Å². The van der Waals surface area contributed by atoms with Crippen molar-refractivity contribution in [2.75, 3.05) is 40.8 Å². The van der Waals surface area contributed by atoms with Gasteiger partial charge in [0.25, 0.3) is 5.91 Å². The lowest BCUT2D eigenvalue weighted by Gasteiger charge is -2.16. The van der Waals surface area contributed by atoms with E-state index in [1.165, 1.54) is 0 Å². The molecule has 1 aliphatic heterocycles. The molecule has 1 heterocycles. The number of rotatable bonds is 8. The van der Waals surface area contributed by atoms with Crippen molar-refractivity contribution >= 4 is 39.0 Å². The molecule has 1 saturated heterocycles. The van der Waals surface area contributed by atoms with Crippen LogP contribution < -0.4 is 20.1 Å². The lowest BCUT2D eigenvalue weighted by molar-refractivity contribution is -0.132. The zero-order valence-electron chi connectivity index (χ0n) is 17.3. The standard InChI is InChI=1S/C21H26N4O5S/c1-2-31(28,29)24-17-10-8-16(9-11-17)22-21(27)23-18-6-5-7-19(14-18)30-15-20(26)25-12-3-4-13-25/h5-11,14,24H,2-4,12-13,15H2,1H3,(H2,22,23,27). The van der Waals surface area contributed by atoms with E-state index in [0.29, 0.717) is 22.8 Å². The number of carbonyl (C=O) groups excluding carboxylic acids is 2. The van der Waals surface area contributed by atoms with E-state index in [-0.39, 0.29) is 18.3 Å². The van der Waals surface area contributed by atoms with Crippen LogP contribution in [0.1, 0.15) is 19.8 Å². The Hall–Kier alpha value is -3.27. The van der Waals surface area contributed by atoms with Crippen LogP contribution in [0, 0.1) is 0 Å². The molecule has 3 amide bonds. The number of hydrogen-bond donors (Lipinski definition) is 3. The van der Waals surface area contributed by atoms with Gasteiger partial charge in [-0.1, -0.05) is 6.07 Å². The number of sulfonamides is 1. The van der Waals surface area contributed by atoms with E-state index in [4.69, 9.17) is 4.74 Å². The maximum atomic E-state index is 12.3. The van der Waals surface area contributed by atoms with Crippen molar-refractivity contribution in [3.8, 4) is 5.75 Å². The summed E-state index contributed by atoms with van der Waals surface area (Å²) in [6, 6.07) is 12.6. The number of urea groups is 1. The van der Waals surface area contributed by atoms with Gasteiger partial charge in [-0.05, 0) is 56.2 Å². The summed E-state index contributed by atoms with van der Waals surface area (Å²) in [6.45, 7) is 3.06. The predicted octanol–water partition coefficient (Wildman–Crippen LogP) is 3.09. The van der Waals surface area contributed by atoms with Gasteiger partial charge in [0.2, 0.25) is 10.0 Å². The predicted molar refractivity (Wildman–Crippen MR) is 120 cm³/mol. The summed E-state index contributed by atoms with van der Waals surface area (Å²) < 4.78 is 31.2. The van der Waals surface area contributed by atoms with Crippen LogP contribution >= 0.6 is 0 Å². The topological polar surface area (TPSA) is 117 Å². The molecule has 10 heteroatoms. The number of hydrogen-bond acceptors (Lipinski definition) is 5. The summed E-state index contributed by atoms with van der Waals surface area (Å²) in [6.07, 6.45) is 2.05. The SMILES string of the molecule is CCS(=O)(=O)Nc1ccc(NC(=O)Nc2cccc(OCC(=O)N3CCCC3)c2)cc1. The first-order valence-corrected chi connectivity index (χ1v) is 11.7. The monoisotopic (exact) mass is 446 g/mol. The van der Waals surface area contributed by atoms with Crippen LogP contribution in [0.25, 0.3) is 0 Å². The van der Waals surface area contributed by atoms with Gasteiger partial charge in [0.15, 0.2) is 6.61 Å². The highest BCUT2D eigenvalue weighted by molar-refractivity contribution is 7.92. The first-order chi connectivity index (χ1) is 14.8. The highest BCUT2D eigenvalue weighted by Gasteiger charge is 2.18.